The molecule has 0 spiro atoms. The molecule has 2 aromatic carbocycles. The number of aliphatic hydroxyl groups excluding tert-OH is 1. The number of pyridine rings is 1. The molecule has 0 aliphatic heterocycles. The summed E-state index contributed by atoms with van der Waals surface area (Å²) < 4.78 is 13.1. The minimum absolute atomic E-state index is 0.255. The summed E-state index contributed by atoms with van der Waals surface area (Å²) in [6.07, 6.45) is -0.268. The van der Waals surface area contributed by atoms with Crippen molar-refractivity contribution in [3.8, 4) is 0 Å². The first-order valence-corrected chi connectivity index (χ1v) is 6.92. The number of aromatic nitrogens is 1. The summed E-state index contributed by atoms with van der Waals surface area (Å²) >= 11 is 0. The predicted molar refractivity (Wildman–Crippen MR) is 81.5 cm³/mol. The molecule has 1 heterocycles. The SMILES string of the molecule is Cc1cc(F)ccc1CC(O)c1ccc2ccccc2n1. The molecule has 3 aromatic rings. The summed E-state index contributed by atoms with van der Waals surface area (Å²) in [4.78, 5) is 4.49. The topological polar surface area (TPSA) is 33.1 Å². The summed E-state index contributed by atoms with van der Waals surface area (Å²) in [6.45, 7) is 1.85. The molecule has 1 aromatic heterocycles. The zero-order chi connectivity index (χ0) is 14.8. The smallest absolute Gasteiger partial charge is 0.123 e. The van der Waals surface area contributed by atoms with E-state index in [1.807, 2.05) is 43.3 Å². The van der Waals surface area contributed by atoms with Crippen molar-refractivity contribution in [3.63, 3.8) is 0 Å². The predicted octanol–water partition coefficient (Wildman–Crippen LogP) is 3.96. The highest BCUT2D eigenvalue weighted by Gasteiger charge is 2.12. The number of para-hydroxylation sites is 1. The number of aryl methyl sites for hydroxylation is 1. The molecule has 1 unspecified atom stereocenters. The van der Waals surface area contributed by atoms with E-state index in [2.05, 4.69) is 4.98 Å². The van der Waals surface area contributed by atoms with Crippen LogP contribution in [0, 0.1) is 12.7 Å². The van der Waals surface area contributed by atoms with Crippen LogP contribution in [0.15, 0.2) is 54.6 Å². The van der Waals surface area contributed by atoms with Gasteiger partial charge in [-0.3, -0.25) is 4.98 Å². The quantitative estimate of drug-likeness (QED) is 0.788. The van der Waals surface area contributed by atoms with Crippen LogP contribution >= 0.6 is 0 Å². The Morgan fingerprint density at radius 3 is 2.71 bits per heavy atom. The number of halogens is 1. The minimum atomic E-state index is -0.696. The van der Waals surface area contributed by atoms with Gasteiger partial charge in [-0.1, -0.05) is 30.3 Å². The molecule has 0 amide bonds. The van der Waals surface area contributed by atoms with E-state index >= 15 is 0 Å². The van der Waals surface area contributed by atoms with Crippen LogP contribution in [0.1, 0.15) is 22.9 Å². The molecule has 0 saturated carbocycles. The van der Waals surface area contributed by atoms with Crippen molar-refractivity contribution in [2.24, 2.45) is 0 Å². The van der Waals surface area contributed by atoms with Gasteiger partial charge in [-0.05, 0) is 42.3 Å². The van der Waals surface area contributed by atoms with Crippen molar-refractivity contribution >= 4 is 10.9 Å². The molecule has 21 heavy (non-hydrogen) atoms. The molecule has 0 bridgehead atoms. The van der Waals surface area contributed by atoms with Crippen LogP contribution in [0.5, 0.6) is 0 Å². The Kier molecular flexibility index (Phi) is 3.67. The molecular weight excluding hydrogens is 265 g/mol. The van der Waals surface area contributed by atoms with Crippen LogP contribution in [-0.2, 0) is 6.42 Å². The fourth-order valence-electron chi connectivity index (χ4n) is 2.47. The highest BCUT2D eigenvalue weighted by Crippen LogP contribution is 2.22. The number of benzene rings is 2. The third kappa shape index (κ3) is 2.93. The second kappa shape index (κ2) is 5.62. The second-order valence-electron chi connectivity index (χ2n) is 5.22. The van der Waals surface area contributed by atoms with Gasteiger partial charge in [0.15, 0.2) is 0 Å². The van der Waals surface area contributed by atoms with Crippen LogP contribution in [0.3, 0.4) is 0 Å². The number of aliphatic hydroxyl groups is 1. The van der Waals surface area contributed by atoms with Crippen LogP contribution < -0.4 is 0 Å². The van der Waals surface area contributed by atoms with Crippen molar-refractivity contribution in [1.29, 1.82) is 0 Å². The fourth-order valence-corrected chi connectivity index (χ4v) is 2.47. The summed E-state index contributed by atoms with van der Waals surface area (Å²) in [7, 11) is 0. The van der Waals surface area contributed by atoms with Gasteiger partial charge in [0.1, 0.15) is 5.82 Å². The van der Waals surface area contributed by atoms with E-state index in [0.29, 0.717) is 12.1 Å². The Morgan fingerprint density at radius 2 is 1.90 bits per heavy atom. The zero-order valence-corrected chi connectivity index (χ0v) is 11.8. The van der Waals surface area contributed by atoms with Gasteiger partial charge >= 0.3 is 0 Å². The minimum Gasteiger partial charge on any atom is -0.386 e. The Labute approximate surface area is 122 Å². The van der Waals surface area contributed by atoms with Crippen LogP contribution in [0.25, 0.3) is 10.9 Å². The van der Waals surface area contributed by atoms with Crippen LogP contribution in [-0.4, -0.2) is 10.1 Å². The van der Waals surface area contributed by atoms with Crippen molar-refractivity contribution in [2.45, 2.75) is 19.4 Å². The molecule has 0 aliphatic rings. The van der Waals surface area contributed by atoms with Gasteiger partial charge in [0.05, 0.1) is 17.3 Å². The molecule has 0 fully saturated rings. The largest absolute Gasteiger partial charge is 0.386 e. The van der Waals surface area contributed by atoms with Crippen molar-refractivity contribution < 1.29 is 9.50 Å². The van der Waals surface area contributed by atoms with E-state index in [0.717, 1.165) is 22.0 Å². The zero-order valence-electron chi connectivity index (χ0n) is 11.8. The summed E-state index contributed by atoms with van der Waals surface area (Å²) in [5.74, 6) is -0.255. The van der Waals surface area contributed by atoms with Gasteiger partial charge < -0.3 is 5.11 Å². The standard InChI is InChI=1S/C18H16FNO/c1-12-10-15(19)8-6-14(12)11-18(21)17-9-7-13-4-2-3-5-16(13)20-17/h2-10,18,21H,11H2,1H3. The molecule has 2 nitrogen and oxygen atoms in total. The lowest BCUT2D eigenvalue weighted by Crippen LogP contribution is -2.05. The maximum atomic E-state index is 13.1. The van der Waals surface area contributed by atoms with Gasteiger partial charge in [-0.15, -0.1) is 0 Å². The van der Waals surface area contributed by atoms with Crippen molar-refractivity contribution in [2.75, 3.05) is 0 Å². The van der Waals surface area contributed by atoms with Gasteiger partial charge in [-0.25, -0.2) is 4.39 Å². The van der Waals surface area contributed by atoms with Crippen molar-refractivity contribution in [3.05, 3.63) is 77.2 Å². The normalized spacial score (nSPS) is 12.5. The maximum absolute atomic E-state index is 13.1. The summed E-state index contributed by atoms with van der Waals surface area (Å²) in [5.41, 5.74) is 3.27. The lowest BCUT2D eigenvalue weighted by molar-refractivity contribution is 0.174. The average Bonchev–Trinajstić information content (AvgIpc) is 2.49. The van der Waals surface area contributed by atoms with Crippen LogP contribution in [0.2, 0.25) is 0 Å². The monoisotopic (exact) mass is 281 g/mol. The lowest BCUT2D eigenvalue weighted by Gasteiger charge is -2.13. The highest BCUT2D eigenvalue weighted by atomic mass is 19.1. The van der Waals surface area contributed by atoms with Gasteiger partial charge in [0, 0.05) is 11.8 Å². The van der Waals surface area contributed by atoms with E-state index in [1.165, 1.54) is 12.1 Å². The number of nitrogens with zero attached hydrogens (tertiary/aromatic N) is 1. The molecule has 3 rings (SSSR count). The first kappa shape index (κ1) is 13.7. The Balaban J connectivity index is 1.87. The van der Waals surface area contributed by atoms with E-state index in [1.54, 1.807) is 6.07 Å². The fraction of sp³-hybridized carbons (Fsp3) is 0.167. The number of hydrogen-bond acceptors (Lipinski definition) is 2. The third-order valence-electron chi connectivity index (χ3n) is 3.68. The Bertz CT molecular complexity index is 785. The van der Waals surface area contributed by atoms with Gasteiger partial charge in [-0.2, -0.15) is 0 Å². The molecule has 0 aliphatic carbocycles. The molecule has 0 radical (unpaired) electrons. The number of rotatable bonds is 3. The van der Waals surface area contributed by atoms with Gasteiger partial charge in [0.2, 0.25) is 0 Å². The molecule has 106 valence electrons. The van der Waals surface area contributed by atoms with Gasteiger partial charge in [0.25, 0.3) is 0 Å². The van der Waals surface area contributed by atoms with Crippen molar-refractivity contribution in [1.82, 2.24) is 4.98 Å². The number of fused-ring (bicyclic) bond motifs is 1. The van der Waals surface area contributed by atoms with E-state index in [-0.39, 0.29) is 5.82 Å². The first-order chi connectivity index (χ1) is 10.1. The third-order valence-corrected chi connectivity index (χ3v) is 3.68. The number of hydrogen-bond donors (Lipinski definition) is 1. The molecular formula is C18H16FNO. The second-order valence-corrected chi connectivity index (χ2v) is 5.22. The van der Waals surface area contributed by atoms with Crippen LogP contribution in [0.4, 0.5) is 4.39 Å². The molecule has 3 heteroatoms. The Morgan fingerprint density at radius 1 is 1.10 bits per heavy atom. The van der Waals surface area contributed by atoms with E-state index in [9.17, 15) is 9.50 Å². The van der Waals surface area contributed by atoms with E-state index < -0.39 is 6.10 Å². The molecule has 0 saturated heterocycles. The summed E-state index contributed by atoms with van der Waals surface area (Å²) in [6, 6.07) is 16.2. The maximum Gasteiger partial charge on any atom is 0.123 e. The first-order valence-electron chi connectivity index (χ1n) is 6.92. The average molecular weight is 281 g/mol. The Hall–Kier alpha value is -2.26. The lowest BCUT2D eigenvalue weighted by atomic mass is 10.0. The highest BCUT2D eigenvalue weighted by molar-refractivity contribution is 5.78. The molecule has 1 N–H and O–H groups in total. The summed E-state index contributed by atoms with van der Waals surface area (Å²) in [5, 5.41) is 11.4. The molecule has 1 atom stereocenters. The van der Waals surface area contributed by atoms with E-state index in [4.69, 9.17) is 0 Å².